The summed E-state index contributed by atoms with van der Waals surface area (Å²) in [5.41, 5.74) is 6.97. The number of pyridine rings is 1. The van der Waals surface area contributed by atoms with E-state index in [9.17, 15) is 5.26 Å². The Kier molecular flexibility index (Phi) is 4.20. The van der Waals surface area contributed by atoms with Crippen molar-refractivity contribution in [2.24, 2.45) is 13.0 Å². The first-order chi connectivity index (χ1) is 13.0. The predicted molar refractivity (Wildman–Crippen MR) is 108 cm³/mol. The minimum Gasteiger partial charge on any atom is -0.456 e. The zero-order valence-electron chi connectivity index (χ0n) is 16.2. The lowest BCUT2D eigenvalue weighted by atomic mass is 9.95. The standard InChI is InChI=1S/C24H23N2O/c1-15(2)9-17-11-21-20-10-16(3)19(22-7-5-6-8-26(22)4)13-24(20)27-23(21)12-18(17)14-25/h5-8,10-13,15H,9H2,1-4H3/q+1. The quantitative estimate of drug-likeness (QED) is 0.458. The second kappa shape index (κ2) is 6.55. The van der Waals surface area contributed by atoms with Crippen LogP contribution in [0.2, 0.25) is 0 Å². The summed E-state index contributed by atoms with van der Waals surface area (Å²) in [5.74, 6) is 0.499. The zero-order chi connectivity index (χ0) is 19.1. The van der Waals surface area contributed by atoms with Gasteiger partial charge in [0, 0.05) is 22.9 Å². The summed E-state index contributed by atoms with van der Waals surface area (Å²) in [6, 6.07) is 16.9. The second-order valence-corrected chi connectivity index (χ2v) is 7.68. The predicted octanol–water partition coefficient (Wildman–Crippen LogP) is 5.46. The van der Waals surface area contributed by atoms with Gasteiger partial charge >= 0.3 is 0 Å². The van der Waals surface area contributed by atoms with E-state index in [0.29, 0.717) is 11.5 Å². The summed E-state index contributed by atoms with van der Waals surface area (Å²) in [4.78, 5) is 0. The maximum absolute atomic E-state index is 9.54. The van der Waals surface area contributed by atoms with Crippen LogP contribution in [0.15, 0.2) is 53.1 Å². The van der Waals surface area contributed by atoms with E-state index in [1.165, 1.54) is 5.56 Å². The molecule has 0 aliphatic heterocycles. The molecule has 134 valence electrons. The molecule has 3 nitrogen and oxygen atoms in total. The lowest BCUT2D eigenvalue weighted by Crippen LogP contribution is -2.30. The summed E-state index contributed by atoms with van der Waals surface area (Å²) in [6.07, 6.45) is 2.94. The lowest BCUT2D eigenvalue weighted by molar-refractivity contribution is -0.660. The van der Waals surface area contributed by atoms with Crippen molar-refractivity contribution >= 4 is 21.9 Å². The van der Waals surface area contributed by atoms with Crippen LogP contribution in [0.25, 0.3) is 33.2 Å². The number of nitriles is 1. The third-order valence-corrected chi connectivity index (χ3v) is 5.12. The van der Waals surface area contributed by atoms with Crippen molar-refractivity contribution in [3.05, 3.63) is 65.4 Å². The number of fused-ring (bicyclic) bond motifs is 3. The fourth-order valence-electron chi connectivity index (χ4n) is 3.81. The Morgan fingerprint density at radius 3 is 2.52 bits per heavy atom. The van der Waals surface area contributed by atoms with E-state index in [1.807, 2.05) is 12.1 Å². The Morgan fingerprint density at radius 1 is 1.07 bits per heavy atom. The summed E-state index contributed by atoms with van der Waals surface area (Å²) >= 11 is 0. The molecule has 0 fully saturated rings. The number of hydrogen-bond donors (Lipinski definition) is 0. The number of aryl methyl sites for hydroxylation is 2. The highest BCUT2D eigenvalue weighted by Crippen LogP contribution is 2.35. The fraction of sp³-hybridized carbons (Fsp3) is 0.250. The van der Waals surface area contributed by atoms with Crippen molar-refractivity contribution in [2.45, 2.75) is 27.2 Å². The molecular weight excluding hydrogens is 332 g/mol. The van der Waals surface area contributed by atoms with Crippen LogP contribution in [0.5, 0.6) is 0 Å². The molecular formula is C24H23N2O+. The maximum Gasteiger partial charge on any atom is 0.212 e. The molecule has 0 unspecified atom stereocenters. The van der Waals surface area contributed by atoms with Gasteiger partial charge in [0.05, 0.1) is 17.2 Å². The molecule has 0 spiro atoms. The van der Waals surface area contributed by atoms with E-state index in [0.717, 1.165) is 45.2 Å². The molecule has 2 aromatic heterocycles. The molecule has 0 aliphatic carbocycles. The number of nitrogens with zero attached hydrogens (tertiary/aromatic N) is 2. The first-order valence-corrected chi connectivity index (χ1v) is 9.33. The van der Waals surface area contributed by atoms with Gasteiger partial charge in [-0.05, 0) is 60.7 Å². The number of aromatic nitrogens is 1. The number of hydrogen-bond acceptors (Lipinski definition) is 2. The topological polar surface area (TPSA) is 40.8 Å². The normalized spacial score (nSPS) is 11.4. The van der Waals surface area contributed by atoms with Gasteiger partial charge < -0.3 is 4.42 Å². The molecule has 4 aromatic rings. The van der Waals surface area contributed by atoms with Crippen LogP contribution in [-0.4, -0.2) is 0 Å². The highest BCUT2D eigenvalue weighted by molar-refractivity contribution is 6.07. The van der Waals surface area contributed by atoms with Crippen LogP contribution in [0.4, 0.5) is 0 Å². The molecule has 2 aromatic carbocycles. The second-order valence-electron chi connectivity index (χ2n) is 7.68. The van der Waals surface area contributed by atoms with Crippen LogP contribution >= 0.6 is 0 Å². The van der Waals surface area contributed by atoms with Crippen molar-refractivity contribution in [2.75, 3.05) is 0 Å². The number of rotatable bonds is 3. The first-order valence-electron chi connectivity index (χ1n) is 9.33. The highest BCUT2D eigenvalue weighted by Gasteiger charge is 2.17. The minimum atomic E-state index is 0.499. The van der Waals surface area contributed by atoms with E-state index in [4.69, 9.17) is 4.42 Å². The molecule has 0 atom stereocenters. The van der Waals surface area contributed by atoms with Crippen molar-refractivity contribution < 1.29 is 8.98 Å². The summed E-state index contributed by atoms with van der Waals surface area (Å²) in [5, 5.41) is 11.7. The van der Waals surface area contributed by atoms with Gasteiger partial charge in [0.15, 0.2) is 6.20 Å². The molecule has 4 rings (SSSR count). The summed E-state index contributed by atoms with van der Waals surface area (Å²) in [6.45, 7) is 6.49. The Labute approximate surface area is 159 Å². The van der Waals surface area contributed by atoms with Gasteiger partial charge in [-0.15, -0.1) is 0 Å². The van der Waals surface area contributed by atoms with Crippen LogP contribution in [0, 0.1) is 24.2 Å². The minimum absolute atomic E-state index is 0.499. The van der Waals surface area contributed by atoms with Crippen LogP contribution in [0.1, 0.15) is 30.5 Å². The van der Waals surface area contributed by atoms with Crippen molar-refractivity contribution in [1.29, 1.82) is 5.26 Å². The average molecular weight is 355 g/mol. The van der Waals surface area contributed by atoms with Gasteiger partial charge in [0.2, 0.25) is 5.69 Å². The first kappa shape index (κ1) is 17.3. The molecule has 0 amide bonds. The zero-order valence-corrected chi connectivity index (χ0v) is 16.2. The molecule has 0 N–H and O–H groups in total. The highest BCUT2D eigenvalue weighted by atomic mass is 16.3. The van der Waals surface area contributed by atoms with Gasteiger partial charge in [-0.3, -0.25) is 0 Å². The SMILES string of the molecule is Cc1cc2c(cc1-c1cccc[n+]1C)oc1cc(C#N)c(CC(C)C)cc12. The van der Waals surface area contributed by atoms with E-state index in [1.54, 1.807) is 0 Å². The fourth-order valence-corrected chi connectivity index (χ4v) is 3.81. The van der Waals surface area contributed by atoms with Gasteiger partial charge in [0.1, 0.15) is 18.2 Å². The molecule has 0 aliphatic rings. The van der Waals surface area contributed by atoms with Crippen LogP contribution in [0.3, 0.4) is 0 Å². The molecule has 27 heavy (non-hydrogen) atoms. The number of furan rings is 1. The molecule has 0 saturated carbocycles. The largest absolute Gasteiger partial charge is 0.456 e. The molecule has 0 bridgehead atoms. The van der Waals surface area contributed by atoms with Gasteiger partial charge in [-0.2, -0.15) is 5.26 Å². The van der Waals surface area contributed by atoms with Gasteiger partial charge in [-0.1, -0.05) is 13.8 Å². The number of benzene rings is 2. The molecule has 0 saturated heterocycles. The van der Waals surface area contributed by atoms with Crippen LogP contribution < -0.4 is 4.57 Å². The Hall–Kier alpha value is -3.12. The molecule has 3 heteroatoms. The lowest BCUT2D eigenvalue weighted by Gasteiger charge is -2.07. The summed E-state index contributed by atoms with van der Waals surface area (Å²) in [7, 11) is 2.05. The molecule has 2 heterocycles. The van der Waals surface area contributed by atoms with Crippen LogP contribution in [-0.2, 0) is 13.5 Å². The van der Waals surface area contributed by atoms with E-state index in [2.05, 4.69) is 75.0 Å². The molecule has 0 radical (unpaired) electrons. The van der Waals surface area contributed by atoms with E-state index < -0.39 is 0 Å². The van der Waals surface area contributed by atoms with Crippen molar-refractivity contribution in [3.63, 3.8) is 0 Å². The maximum atomic E-state index is 9.54. The van der Waals surface area contributed by atoms with E-state index in [-0.39, 0.29) is 0 Å². The van der Waals surface area contributed by atoms with Gasteiger partial charge in [-0.25, -0.2) is 4.57 Å². The van der Waals surface area contributed by atoms with E-state index >= 15 is 0 Å². The summed E-state index contributed by atoms with van der Waals surface area (Å²) < 4.78 is 8.27. The Balaban J connectivity index is 1.97. The van der Waals surface area contributed by atoms with Crippen molar-refractivity contribution in [1.82, 2.24) is 0 Å². The van der Waals surface area contributed by atoms with Crippen molar-refractivity contribution in [3.8, 4) is 17.3 Å². The smallest absolute Gasteiger partial charge is 0.212 e. The third-order valence-electron chi connectivity index (χ3n) is 5.12. The third kappa shape index (κ3) is 2.98. The average Bonchev–Trinajstić information content (AvgIpc) is 2.97. The Morgan fingerprint density at radius 2 is 1.81 bits per heavy atom. The Bertz CT molecular complexity index is 1210. The van der Waals surface area contributed by atoms with Gasteiger partial charge in [0.25, 0.3) is 0 Å². The monoisotopic (exact) mass is 355 g/mol.